The minimum absolute atomic E-state index is 0.358. The molecule has 1 heterocycles. The first-order valence-corrected chi connectivity index (χ1v) is 4.63. The van der Waals surface area contributed by atoms with Crippen molar-refractivity contribution in [1.29, 1.82) is 0 Å². The molecule has 0 saturated heterocycles. The predicted octanol–water partition coefficient (Wildman–Crippen LogP) is 2.30. The number of carboxylic acids is 1. The van der Waals surface area contributed by atoms with Crippen LogP contribution in [0.1, 0.15) is 15.9 Å². The van der Waals surface area contributed by atoms with Crippen molar-refractivity contribution in [3.05, 3.63) is 28.8 Å². The Hall–Kier alpha value is -1.42. The molecule has 0 saturated carbocycles. The normalized spacial score (nSPS) is 10.5. The van der Waals surface area contributed by atoms with Gasteiger partial charge in [0.1, 0.15) is 0 Å². The molecular weight excluding hydrogens is 186 g/mol. The number of rotatable bonds is 1. The third kappa shape index (κ3) is 1.29. The van der Waals surface area contributed by atoms with Crippen LogP contribution in [0.15, 0.2) is 17.6 Å². The van der Waals surface area contributed by atoms with Crippen LogP contribution in [0.2, 0.25) is 0 Å². The fraction of sp³-hybridized carbons (Fsp3) is 0.111. The smallest absolute Gasteiger partial charge is 0.336 e. The zero-order chi connectivity index (χ0) is 9.42. The summed E-state index contributed by atoms with van der Waals surface area (Å²) in [6.07, 6.45) is 0. The van der Waals surface area contributed by atoms with Gasteiger partial charge in [-0.2, -0.15) is 0 Å². The molecule has 1 aromatic carbocycles. The first-order chi connectivity index (χ1) is 6.18. The first-order valence-electron chi connectivity index (χ1n) is 3.75. The first kappa shape index (κ1) is 8.19. The molecule has 0 bridgehead atoms. The van der Waals surface area contributed by atoms with Crippen molar-refractivity contribution >= 4 is 27.5 Å². The Labute approximate surface area is 78.7 Å². The number of fused-ring (bicyclic) bond motifs is 1. The third-order valence-corrected chi connectivity index (χ3v) is 2.70. The van der Waals surface area contributed by atoms with Crippen molar-refractivity contribution in [2.24, 2.45) is 0 Å². The monoisotopic (exact) mass is 193 g/mol. The number of aryl methyl sites for hydroxylation is 1. The van der Waals surface area contributed by atoms with Crippen molar-refractivity contribution in [3.8, 4) is 0 Å². The van der Waals surface area contributed by atoms with E-state index >= 15 is 0 Å². The van der Waals surface area contributed by atoms with Gasteiger partial charge in [0, 0.05) is 0 Å². The SMILES string of the molecule is Cc1cc2ncsc2cc1C(=O)O. The number of carbonyl (C=O) groups is 1. The highest BCUT2D eigenvalue weighted by Gasteiger charge is 2.09. The molecule has 0 fully saturated rings. The highest BCUT2D eigenvalue weighted by molar-refractivity contribution is 7.16. The summed E-state index contributed by atoms with van der Waals surface area (Å²) >= 11 is 1.45. The molecule has 3 nitrogen and oxygen atoms in total. The molecule has 4 heteroatoms. The standard InChI is InChI=1S/C9H7NO2S/c1-5-2-7-8(13-4-10-7)3-6(5)9(11)12/h2-4H,1H3,(H,11,12). The molecule has 0 amide bonds. The second kappa shape index (κ2) is 2.81. The number of hydrogen-bond acceptors (Lipinski definition) is 3. The molecule has 0 radical (unpaired) electrons. The summed E-state index contributed by atoms with van der Waals surface area (Å²) in [6.45, 7) is 1.78. The molecule has 1 N–H and O–H groups in total. The molecule has 0 aliphatic heterocycles. The van der Waals surface area contributed by atoms with Crippen LogP contribution < -0.4 is 0 Å². The summed E-state index contributed by atoms with van der Waals surface area (Å²) in [7, 11) is 0. The van der Waals surface area contributed by atoms with E-state index in [0.717, 1.165) is 15.8 Å². The van der Waals surface area contributed by atoms with Gasteiger partial charge < -0.3 is 5.11 Å². The molecule has 1 aromatic heterocycles. The summed E-state index contributed by atoms with van der Waals surface area (Å²) in [5.74, 6) is -0.882. The van der Waals surface area contributed by atoms with Crippen LogP contribution in [-0.4, -0.2) is 16.1 Å². The molecule has 0 unspecified atom stereocenters. The van der Waals surface area contributed by atoms with Gasteiger partial charge in [0.2, 0.25) is 0 Å². The predicted molar refractivity (Wildman–Crippen MR) is 51.3 cm³/mol. The van der Waals surface area contributed by atoms with Crippen LogP contribution in [0.25, 0.3) is 10.2 Å². The van der Waals surface area contributed by atoms with Gasteiger partial charge in [-0.1, -0.05) is 0 Å². The summed E-state index contributed by atoms with van der Waals surface area (Å²) in [4.78, 5) is 14.9. The van der Waals surface area contributed by atoms with Crippen molar-refractivity contribution in [2.45, 2.75) is 6.92 Å². The van der Waals surface area contributed by atoms with E-state index in [9.17, 15) is 4.79 Å². The maximum absolute atomic E-state index is 10.8. The fourth-order valence-corrected chi connectivity index (χ4v) is 1.94. The molecule has 0 aliphatic rings. The number of thiazole rings is 1. The molecule has 0 atom stereocenters. The van der Waals surface area contributed by atoms with Gasteiger partial charge in [0.25, 0.3) is 0 Å². The lowest BCUT2D eigenvalue weighted by molar-refractivity contribution is 0.0696. The molecule has 0 spiro atoms. The minimum atomic E-state index is -0.882. The quantitative estimate of drug-likeness (QED) is 0.756. The van der Waals surface area contributed by atoms with Gasteiger partial charge in [0.05, 0.1) is 21.3 Å². The van der Waals surface area contributed by atoms with Crippen LogP contribution in [-0.2, 0) is 0 Å². The molecule has 0 aliphatic carbocycles. The highest BCUT2D eigenvalue weighted by atomic mass is 32.1. The summed E-state index contributed by atoms with van der Waals surface area (Å²) in [5.41, 5.74) is 3.70. The van der Waals surface area contributed by atoms with Crippen molar-refractivity contribution in [3.63, 3.8) is 0 Å². The lowest BCUT2D eigenvalue weighted by Gasteiger charge is -1.98. The Morgan fingerprint density at radius 1 is 1.54 bits per heavy atom. The number of nitrogens with zero attached hydrogens (tertiary/aromatic N) is 1. The van der Waals surface area contributed by atoms with Gasteiger partial charge in [-0.15, -0.1) is 11.3 Å². The van der Waals surface area contributed by atoms with E-state index in [0.29, 0.717) is 5.56 Å². The van der Waals surface area contributed by atoms with Gasteiger partial charge in [-0.05, 0) is 24.6 Å². The molecule has 13 heavy (non-hydrogen) atoms. The van der Waals surface area contributed by atoms with Crippen LogP contribution in [0.4, 0.5) is 0 Å². The van der Waals surface area contributed by atoms with Gasteiger partial charge in [0.15, 0.2) is 0 Å². The molecule has 2 rings (SSSR count). The highest BCUT2D eigenvalue weighted by Crippen LogP contribution is 2.22. The average Bonchev–Trinajstić information content (AvgIpc) is 2.48. The number of hydrogen-bond donors (Lipinski definition) is 1. The fourth-order valence-electron chi connectivity index (χ4n) is 1.24. The van der Waals surface area contributed by atoms with E-state index in [1.165, 1.54) is 11.3 Å². The largest absolute Gasteiger partial charge is 0.478 e. The van der Waals surface area contributed by atoms with Gasteiger partial charge in [-0.3, -0.25) is 0 Å². The van der Waals surface area contributed by atoms with E-state index in [2.05, 4.69) is 4.98 Å². The van der Waals surface area contributed by atoms with E-state index < -0.39 is 5.97 Å². The lowest BCUT2D eigenvalue weighted by atomic mass is 10.1. The van der Waals surface area contributed by atoms with Gasteiger partial charge >= 0.3 is 5.97 Å². The Balaban J connectivity index is 2.76. The van der Waals surface area contributed by atoms with Crippen LogP contribution in [0.3, 0.4) is 0 Å². The zero-order valence-electron chi connectivity index (χ0n) is 6.94. The minimum Gasteiger partial charge on any atom is -0.478 e. The summed E-state index contributed by atoms with van der Waals surface area (Å²) in [5, 5.41) is 8.85. The Morgan fingerprint density at radius 3 is 3.00 bits per heavy atom. The zero-order valence-corrected chi connectivity index (χ0v) is 7.76. The molecule has 2 aromatic rings. The molecule has 66 valence electrons. The van der Waals surface area contributed by atoms with E-state index in [1.807, 2.05) is 0 Å². The topological polar surface area (TPSA) is 50.2 Å². The maximum Gasteiger partial charge on any atom is 0.336 e. The van der Waals surface area contributed by atoms with Crippen LogP contribution in [0, 0.1) is 6.92 Å². The van der Waals surface area contributed by atoms with E-state index in [4.69, 9.17) is 5.11 Å². The third-order valence-electron chi connectivity index (χ3n) is 1.91. The number of carboxylic acid groups (broad SMARTS) is 1. The average molecular weight is 193 g/mol. The summed E-state index contributed by atoms with van der Waals surface area (Å²) in [6, 6.07) is 3.47. The number of aromatic nitrogens is 1. The van der Waals surface area contributed by atoms with E-state index in [1.54, 1.807) is 24.6 Å². The summed E-state index contributed by atoms with van der Waals surface area (Å²) < 4.78 is 0.919. The second-order valence-electron chi connectivity index (χ2n) is 2.79. The second-order valence-corrected chi connectivity index (χ2v) is 3.68. The van der Waals surface area contributed by atoms with Crippen LogP contribution in [0.5, 0.6) is 0 Å². The van der Waals surface area contributed by atoms with Crippen molar-refractivity contribution < 1.29 is 9.90 Å². The lowest BCUT2D eigenvalue weighted by Crippen LogP contribution is -1.98. The Morgan fingerprint density at radius 2 is 2.31 bits per heavy atom. The Kier molecular flexibility index (Phi) is 1.77. The van der Waals surface area contributed by atoms with E-state index in [-0.39, 0.29) is 0 Å². The Bertz CT molecular complexity index is 475. The van der Waals surface area contributed by atoms with Crippen molar-refractivity contribution in [2.75, 3.05) is 0 Å². The molecular formula is C9H7NO2S. The number of benzene rings is 1. The van der Waals surface area contributed by atoms with Crippen molar-refractivity contribution in [1.82, 2.24) is 4.98 Å². The number of aromatic carboxylic acids is 1. The maximum atomic E-state index is 10.8. The van der Waals surface area contributed by atoms with Gasteiger partial charge in [-0.25, -0.2) is 9.78 Å². The van der Waals surface area contributed by atoms with Crippen LogP contribution >= 0.6 is 11.3 Å².